The summed E-state index contributed by atoms with van der Waals surface area (Å²) in [7, 11) is 0. The summed E-state index contributed by atoms with van der Waals surface area (Å²) in [6.45, 7) is 2.04. The number of nitrogens with zero attached hydrogens (tertiary/aromatic N) is 3. The summed E-state index contributed by atoms with van der Waals surface area (Å²) in [5.41, 5.74) is 7.71. The van der Waals surface area contributed by atoms with Crippen molar-refractivity contribution in [2.24, 2.45) is 0 Å². The molecule has 6 nitrogen and oxygen atoms in total. The smallest absolute Gasteiger partial charge is 0.147 e. The molecular formula is C12H16N4O2. The number of rotatable bonds is 2. The summed E-state index contributed by atoms with van der Waals surface area (Å²) in [4.78, 5) is 8.30. The number of ether oxygens (including phenoxy) is 1. The maximum Gasteiger partial charge on any atom is 0.147 e. The number of hydrogen-bond donors (Lipinski definition) is 2. The van der Waals surface area contributed by atoms with Gasteiger partial charge >= 0.3 is 0 Å². The van der Waals surface area contributed by atoms with Crippen LogP contribution in [-0.4, -0.2) is 32.4 Å². The number of aromatic nitrogens is 3. The monoisotopic (exact) mass is 248 g/mol. The normalized spacial score (nSPS) is 23.9. The Hall–Kier alpha value is -1.66. The molecule has 2 aromatic rings. The van der Waals surface area contributed by atoms with Crippen molar-refractivity contribution >= 4 is 16.9 Å². The maximum atomic E-state index is 9.11. The van der Waals surface area contributed by atoms with Gasteiger partial charge in [-0.15, -0.1) is 0 Å². The van der Waals surface area contributed by atoms with E-state index in [0.29, 0.717) is 5.82 Å². The van der Waals surface area contributed by atoms with Gasteiger partial charge in [-0.3, -0.25) is 0 Å². The molecule has 18 heavy (non-hydrogen) atoms. The first-order chi connectivity index (χ1) is 8.70. The highest BCUT2D eigenvalue weighted by molar-refractivity contribution is 5.89. The fraction of sp³-hybridized carbons (Fsp3) is 0.500. The van der Waals surface area contributed by atoms with Crippen molar-refractivity contribution in [3.63, 3.8) is 0 Å². The minimum absolute atomic E-state index is 0.0613. The highest BCUT2D eigenvalue weighted by Crippen LogP contribution is 2.33. The second-order valence-electron chi connectivity index (χ2n) is 4.65. The Morgan fingerprint density at radius 1 is 1.50 bits per heavy atom. The van der Waals surface area contributed by atoms with Crippen LogP contribution in [0.4, 0.5) is 5.82 Å². The van der Waals surface area contributed by atoms with Gasteiger partial charge in [0.05, 0.1) is 18.1 Å². The molecule has 0 saturated carbocycles. The zero-order chi connectivity index (χ0) is 12.7. The van der Waals surface area contributed by atoms with Gasteiger partial charge in [0.2, 0.25) is 0 Å². The minimum atomic E-state index is -0.0769. The average Bonchev–Trinajstić information content (AvgIpc) is 2.94. The molecule has 0 spiro atoms. The van der Waals surface area contributed by atoms with Gasteiger partial charge < -0.3 is 20.1 Å². The Bertz CT molecular complexity index is 581. The van der Waals surface area contributed by atoms with Crippen LogP contribution < -0.4 is 5.73 Å². The average molecular weight is 248 g/mol. The number of aliphatic hydroxyl groups excluding tert-OH is 1. The van der Waals surface area contributed by atoms with Crippen molar-refractivity contribution in [2.45, 2.75) is 32.1 Å². The first kappa shape index (κ1) is 11.4. The lowest BCUT2D eigenvalue weighted by molar-refractivity contribution is -0.0205. The zero-order valence-corrected chi connectivity index (χ0v) is 10.2. The molecule has 1 saturated heterocycles. The van der Waals surface area contributed by atoms with E-state index >= 15 is 0 Å². The van der Waals surface area contributed by atoms with E-state index in [0.717, 1.165) is 29.4 Å². The number of aryl methyl sites for hydroxylation is 1. The molecule has 1 aliphatic rings. The Kier molecular flexibility index (Phi) is 2.68. The van der Waals surface area contributed by atoms with Gasteiger partial charge in [-0.25, -0.2) is 9.97 Å². The predicted octanol–water partition coefficient (Wildman–Crippen LogP) is 0.992. The van der Waals surface area contributed by atoms with Crippen molar-refractivity contribution in [1.29, 1.82) is 0 Å². The second kappa shape index (κ2) is 4.22. The third-order valence-corrected chi connectivity index (χ3v) is 3.43. The molecule has 3 N–H and O–H groups in total. The van der Waals surface area contributed by atoms with Crippen molar-refractivity contribution in [1.82, 2.24) is 14.5 Å². The largest absolute Gasteiger partial charge is 0.394 e. The Labute approximate surface area is 104 Å². The van der Waals surface area contributed by atoms with Crippen molar-refractivity contribution in [3.05, 3.63) is 18.1 Å². The standard InChI is InChI=1S/C12H16N4O2/c1-7-4-16(9-3-2-8(5-17)18-9)12-10(7)11(13)14-6-15-12/h4,6,8-9,17H,2-3,5H2,1H3,(H2,13,14,15). The van der Waals surface area contributed by atoms with E-state index in [-0.39, 0.29) is 18.9 Å². The van der Waals surface area contributed by atoms with Gasteiger partial charge in [0.15, 0.2) is 0 Å². The van der Waals surface area contributed by atoms with Crippen LogP contribution in [0.2, 0.25) is 0 Å². The summed E-state index contributed by atoms with van der Waals surface area (Å²) < 4.78 is 7.75. The molecule has 0 radical (unpaired) electrons. The van der Waals surface area contributed by atoms with Gasteiger partial charge in [-0.05, 0) is 25.3 Å². The number of anilines is 1. The molecule has 6 heteroatoms. The maximum absolute atomic E-state index is 9.11. The van der Waals surface area contributed by atoms with E-state index < -0.39 is 0 Å². The third-order valence-electron chi connectivity index (χ3n) is 3.43. The lowest BCUT2D eigenvalue weighted by Gasteiger charge is -2.14. The van der Waals surface area contributed by atoms with Crippen LogP contribution in [0.25, 0.3) is 11.0 Å². The van der Waals surface area contributed by atoms with Gasteiger partial charge in [0, 0.05) is 6.20 Å². The lowest BCUT2D eigenvalue weighted by atomic mass is 10.2. The van der Waals surface area contributed by atoms with Crippen LogP contribution in [-0.2, 0) is 4.74 Å². The van der Waals surface area contributed by atoms with Crippen LogP contribution in [0.1, 0.15) is 24.6 Å². The molecule has 96 valence electrons. The minimum Gasteiger partial charge on any atom is -0.394 e. The van der Waals surface area contributed by atoms with Gasteiger partial charge in [-0.1, -0.05) is 0 Å². The van der Waals surface area contributed by atoms with Crippen molar-refractivity contribution in [2.75, 3.05) is 12.3 Å². The Morgan fingerprint density at radius 3 is 3.06 bits per heavy atom. The number of nitrogens with two attached hydrogens (primary N) is 1. The lowest BCUT2D eigenvalue weighted by Crippen LogP contribution is -2.14. The molecule has 0 aromatic carbocycles. The molecule has 3 heterocycles. The van der Waals surface area contributed by atoms with Crippen LogP contribution in [0.15, 0.2) is 12.5 Å². The molecule has 2 atom stereocenters. The number of aliphatic hydroxyl groups is 1. The quantitative estimate of drug-likeness (QED) is 0.827. The number of hydrogen-bond acceptors (Lipinski definition) is 5. The van der Waals surface area contributed by atoms with Crippen LogP contribution >= 0.6 is 0 Å². The van der Waals surface area contributed by atoms with Crippen LogP contribution in [0.5, 0.6) is 0 Å². The number of nitrogen functional groups attached to an aromatic ring is 1. The molecule has 3 rings (SSSR count). The van der Waals surface area contributed by atoms with E-state index in [1.54, 1.807) is 0 Å². The molecule has 0 bridgehead atoms. The summed E-state index contributed by atoms with van der Waals surface area (Å²) in [5.74, 6) is 0.493. The molecule has 0 aliphatic carbocycles. The van der Waals surface area contributed by atoms with Crippen molar-refractivity contribution < 1.29 is 9.84 Å². The van der Waals surface area contributed by atoms with Crippen LogP contribution in [0, 0.1) is 6.92 Å². The summed E-state index contributed by atoms with van der Waals surface area (Å²) in [6, 6.07) is 0. The second-order valence-corrected chi connectivity index (χ2v) is 4.65. The zero-order valence-electron chi connectivity index (χ0n) is 10.2. The molecule has 1 aliphatic heterocycles. The SMILES string of the molecule is Cc1cn(C2CCC(CO)O2)c2ncnc(N)c12. The molecular weight excluding hydrogens is 232 g/mol. The fourth-order valence-corrected chi connectivity index (χ4v) is 2.54. The van der Waals surface area contributed by atoms with Gasteiger partial charge in [0.25, 0.3) is 0 Å². The third kappa shape index (κ3) is 1.65. The summed E-state index contributed by atoms with van der Waals surface area (Å²) >= 11 is 0. The first-order valence-corrected chi connectivity index (χ1v) is 6.04. The Morgan fingerprint density at radius 2 is 2.33 bits per heavy atom. The molecule has 0 amide bonds. The topological polar surface area (TPSA) is 86.2 Å². The predicted molar refractivity (Wildman–Crippen MR) is 66.9 cm³/mol. The first-order valence-electron chi connectivity index (χ1n) is 6.04. The van der Waals surface area contributed by atoms with E-state index in [1.807, 2.05) is 17.7 Å². The van der Waals surface area contributed by atoms with Gasteiger partial charge in [0.1, 0.15) is 24.0 Å². The van der Waals surface area contributed by atoms with E-state index in [4.69, 9.17) is 15.6 Å². The van der Waals surface area contributed by atoms with E-state index in [1.165, 1.54) is 6.33 Å². The molecule has 2 aromatic heterocycles. The fourth-order valence-electron chi connectivity index (χ4n) is 2.54. The van der Waals surface area contributed by atoms with Crippen LogP contribution in [0.3, 0.4) is 0 Å². The van der Waals surface area contributed by atoms with Gasteiger partial charge in [-0.2, -0.15) is 0 Å². The summed E-state index contributed by atoms with van der Waals surface area (Å²) in [5, 5.41) is 10.00. The van der Waals surface area contributed by atoms with Crippen molar-refractivity contribution in [3.8, 4) is 0 Å². The molecule has 2 unspecified atom stereocenters. The van der Waals surface area contributed by atoms with E-state index in [9.17, 15) is 0 Å². The Balaban J connectivity index is 2.06. The summed E-state index contributed by atoms with van der Waals surface area (Å²) in [6.07, 6.45) is 5.03. The van der Waals surface area contributed by atoms with E-state index in [2.05, 4.69) is 9.97 Å². The molecule has 1 fully saturated rings. The number of fused-ring (bicyclic) bond motifs is 1. The highest BCUT2D eigenvalue weighted by Gasteiger charge is 2.27. The highest BCUT2D eigenvalue weighted by atomic mass is 16.5.